The Morgan fingerprint density at radius 2 is 2.00 bits per heavy atom. The highest BCUT2D eigenvalue weighted by Gasteiger charge is 2.12. The van der Waals surface area contributed by atoms with Gasteiger partial charge in [0.05, 0.1) is 17.4 Å². The van der Waals surface area contributed by atoms with Crippen LogP contribution in [0.25, 0.3) is 5.82 Å². The predicted octanol–water partition coefficient (Wildman–Crippen LogP) is 3.93. The monoisotopic (exact) mass is 306 g/mol. The number of hydrogen-bond donors (Lipinski definition) is 1. The Kier molecular flexibility index (Phi) is 4.69. The molecule has 0 aliphatic rings. The van der Waals surface area contributed by atoms with Gasteiger partial charge in [-0.25, -0.2) is 9.67 Å². The minimum Gasteiger partial charge on any atom is -0.308 e. The van der Waals surface area contributed by atoms with Crippen LogP contribution in [0.15, 0.2) is 24.5 Å². The maximum Gasteiger partial charge on any atom is 0.153 e. The molecule has 0 aliphatic heterocycles. The van der Waals surface area contributed by atoms with Gasteiger partial charge in [0, 0.05) is 17.8 Å². The lowest BCUT2D eigenvalue weighted by Gasteiger charge is -2.21. The quantitative estimate of drug-likeness (QED) is 0.930. The van der Waals surface area contributed by atoms with Crippen molar-refractivity contribution in [3.63, 3.8) is 0 Å². The first-order valence-corrected chi connectivity index (χ1v) is 7.59. The molecular formula is C16H23ClN4. The second-order valence-electron chi connectivity index (χ2n) is 6.62. The van der Waals surface area contributed by atoms with E-state index in [2.05, 4.69) is 56.1 Å². The molecule has 1 N–H and O–H groups in total. The highest BCUT2D eigenvalue weighted by Crippen LogP contribution is 2.18. The summed E-state index contributed by atoms with van der Waals surface area (Å²) >= 11 is 5.95. The summed E-state index contributed by atoms with van der Waals surface area (Å²) in [6.45, 7) is 11.6. The number of hydrogen-bond acceptors (Lipinski definition) is 3. The van der Waals surface area contributed by atoms with Gasteiger partial charge in [-0.1, -0.05) is 25.4 Å². The molecule has 0 atom stereocenters. The number of aromatic nitrogens is 3. The first-order valence-electron chi connectivity index (χ1n) is 7.21. The van der Waals surface area contributed by atoms with Crippen LogP contribution in [-0.4, -0.2) is 20.3 Å². The van der Waals surface area contributed by atoms with Crippen molar-refractivity contribution in [2.75, 3.05) is 0 Å². The van der Waals surface area contributed by atoms with Crippen LogP contribution in [0.3, 0.4) is 0 Å². The third-order valence-electron chi connectivity index (χ3n) is 3.09. The zero-order valence-electron chi connectivity index (χ0n) is 13.3. The van der Waals surface area contributed by atoms with Crippen molar-refractivity contribution >= 4 is 11.6 Å². The van der Waals surface area contributed by atoms with Crippen molar-refractivity contribution in [3.8, 4) is 5.82 Å². The minimum absolute atomic E-state index is 0.0798. The normalized spacial score (nSPS) is 12.1. The third-order valence-corrected chi connectivity index (χ3v) is 3.29. The van der Waals surface area contributed by atoms with Crippen LogP contribution in [0.4, 0.5) is 0 Å². The topological polar surface area (TPSA) is 42.7 Å². The molecule has 0 unspecified atom stereocenters. The average Bonchev–Trinajstić information content (AvgIpc) is 2.82. The summed E-state index contributed by atoms with van der Waals surface area (Å²) in [5.74, 6) is 1.17. The van der Waals surface area contributed by atoms with E-state index in [4.69, 9.17) is 11.6 Å². The molecule has 114 valence electrons. The lowest BCUT2D eigenvalue weighted by Crippen LogP contribution is -2.35. The Bertz CT molecular complexity index is 611. The van der Waals surface area contributed by atoms with Crippen LogP contribution in [0.1, 0.15) is 51.8 Å². The van der Waals surface area contributed by atoms with Crippen molar-refractivity contribution in [2.45, 2.75) is 52.6 Å². The van der Waals surface area contributed by atoms with Gasteiger partial charge in [-0.2, -0.15) is 5.10 Å². The number of nitrogens with zero attached hydrogens (tertiary/aromatic N) is 3. The molecule has 0 spiro atoms. The Hall–Kier alpha value is -1.39. The van der Waals surface area contributed by atoms with E-state index in [1.54, 1.807) is 17.1 Å². The second-order valence-corrected chi connectivity index (χ2v) is 7.06. The van der Waals surface area contributed by atoms with E-state index in [1.807, 2.05) is 6.07 Å². The Morgan fingerprint density at radius 1 is 1.29 bits per heavy atom. The van der Waals surface area contributed by atoms with Crippen LogP contribution in [0.2, 0.25) is 5.02 Å². The molecule has 0 bridgehead atoms. The van der Waals surface area contributed by atoms with Crippen LogP contribution < -0.4 is 5.32 Å². The molecule has 2 rings (SSSR count). The zero-order valence-corrected chi connectivity index (χ0v) is 14.1. The average molecular weight is 307 g/mol. The number of pyridine rings is 1. The molecule has 2 heterocycles. The van der Waals surface area contributed by atoms with Gasteiger partial charge in [0.1, 0.15) is 0 Å². The highest BCUT2D eigenvalue weighted by molar-refractivity contribution is 6.30. The molecule has 2 aromatic rings. The first kappa shape index (κ1) is 16.0. The predicted molar refractivity (Wildman–Crippen MR) is 87.1 cm³/mol. The van der Waals surface area contributed by atoms with Crippen molar-refractivity contribution in [1.82, 2.24) is 20.1 Å². The maximum absolute atomic E-state index is 5.95. The largest absolute Gasteiger partial charge is 0.308 e. The van der Waals surface area contributed by atoms with E-state index in [1.165, 1.54) is 5.56 Å². The number of rotatable bonds is 4. The van der Waals surface area contributed by atoms with Crippen LogP contribution >= 0.6 is 11.6 Å². The van der Waals surface area contributed by atoms with Gasteiger partial charge in [-0.3, -0.25) is 0 Å². The van der Waals surface area contributed by atoms with Gasteiger partial charge in [-0.15, -0.1) is 0 Å². The van der Waals surface area contributed by atoms with E-state index in [-0.39, 0.29) is 5.54 Å². The summed E-state index contributed by atoms with van der Waals surface area (Å²) in [6, 6.07) is 4.20. The van der Waals surface area contributed by atoms with E-state index in [9.17, 15) is 0 Å². The van der Waals surface area contributed by atoms with Gasteiger partial charge in [-0.05, 0) is 44.4 Å². The third kappa shape index (κ3) is 4.55. The lowest BCUT2D eigenvalue weighted by atomic mass is 10.1. The lowest BCUT2D eigenvalue weighted by molar-refractivity contribution is 0.424. The molecule has 0 amide bonds. The highest BCUT2D eigenvalue weighted by atomic mass is 35.5. The van der Waals surface area contributed by atoms with Gasteiger partial charge in [0.2, 0.25) is 0 Å². The standard InChI is InChI=1S/C16H23ClN4/c1-11(2)14-6-12(8-18-16(3,4)5)7-15(20-14)21-10-13(17)9-19-21/h6-7,9-11,18H,8H2,1-5H3. The summed E-state index contributed by atoms with van der Waals surface area (Å²) in [6.07, 6.45) is 3.40. The smallest absolute Gasteiger partial charge is 0.153 e. The molecule has 0 aromatic carbocycles. The molecule has 21 heavy (non-hydrogen) atoms. The molecule has 5 heteroatoms. The number of nitrogens with one attached hydrogen (secondary N) is 1. The molecule has 0 saturated carbocycles. The molecule has 0 radical (unpaired) electrons. The van der Waals surface area contributed by atoms with E-state index < -0.39 is 0 Å². The Labute approximate surface area is 131 Å². The summed E-state index contributed by atoms with van der Waals surface area (Å²) < 4.78 is 1.72. The summed E-state index contributed by atoms with van der Waals surface area (Å²) in [5.41, 5.74) is 2.34. The van der Waals surface area contributed by atoms with E-state index in [0.717, 1.165) is 18.1 Å². The molecule has 0 aliphatic carbocycles. The van der Waals surface area contributed by atoms with Crippen molar-refractivity contribution < 1.29 is 0 Å². The molecule has 0 saturated heterocycles. The fraction of sp³-hybridized carbons (Fsp3) is 0.500. The van der Waals surface area contributed by atoms with E-state index in [0.29, 0.717) is 10.9 Å². The summed E-state index contributed by atoms with van der Waals surface area (Å²) in [5, 5.41) is 8.36. The molecule has 4 nitrogen and oxygen atoms in total. The van der Waals surface area contributed by atoms with Gasteiger partial charge in [0.25, 0.3) is 0 Å². The van der Waals surface area contributed by atoms with Crippen molar-refractivity contribution in [2.24, 2.45) is 0 Å². The first-order chi connectivity index (χ1) is 9.74. The fourth-order valence-corrected chi connectivity index (χ4v) is 2.04. The Balaban J connectivity index is 2.34. The molecule has 2 aromatic heterocycles. The zero-order chi connectivity index (χ0) is 15.6. The molecular weight excluding hydrogens is 284 g/mol. The Morgan fingerprint density at radius 3 is 2.52 bits per heavy atom. The van der Waals surface area contributed by atoms with Crippen molar-refractivity contribution in [3.05, 3.63) is 40.8 Å². The minimum atomic E-state index is 0.0798. The van der Waals surface area contributed by atoms with Gasteiger partial charge >= 0.3 is 0 Å². The second kappa shape index (κ2) is 6.16. The summed E-state index contributed by atoms with van der Waals surface area (Å²) in [7, 11) is 0. The van der Waals surface area contributed by atoms with Crippen LogP contribution in [0.5, 0.6) is 0 Å². The van der Waals surface area contributed by atoms with Crippen molar-refractivity contribution in [1.29, 1.82) is 0 Å². The number of halogens is 1. The fourth-order valence-electron chi connectivity index (χ4n) is 1.90. The molecule has 0 fully saturated rings. The maximum atomic E-state index is 5.95. The van der Waals surface area contributed by atoms with E-state index >= 15 is 0 Å². The SMILES string of the molecule is CC(C)c1cc(CNC(C)(C)C)cc(-n2cc(Cl)cn2)n1. The summed E-state index contributed by atoms with van der Waals surface area (Å²) in [4.78, 5) is 4.67. The van der Waals surface area contributed by atoms with Crippen LogP contribution in [-0.2, 0) is 6.54 Å². The van der Waals surface area contributed by atoms with Crippen LogP contribution in [0, 0.1) is 0 Å². The van der Waals surface area contributed by atoms with Gasteiger partial charge < -0.3 is 5.32 Å². The van der Waals surface area contributed by atoms with Gasteiger partial charge in [0.15, 0.2) is 5.82 Å².